The summed E-state index contributed by atoms with van der Waals surface area (Å²) in [6, 6.07) is -0.0848. The van der Waals surface area contributed by atoms with Gasteiger partial charge < -0.3 is 10.1 Å². The summed E-state index contributed by atoms with van der Waals surface area (Å²) in [6.45, 7) is 0.996. The summed E-state index contributed by atoms with van der Waals surface area (Å²) in [7, 11) is 1.60. The smallest absolute Gasteiger partial charge is 0.257 e. The third-order valence-corrected chi connectivity index (χ3v) is 5.02. The van der Waals surface area contributed by atoms with Crippen LogP contribution in [-0.2, 0) is 22.4 Å². The van der Waals surface area contributed by atoms with Crippen LogP contribution in [0.1, 0.15) is 30.1 Å². The van der Waals surface area contributed by atoms with Crippen LogP contribution < -0.4 is 10.9 Å². The normalized spacial score (nSPS) is 19.4. The van der Waals surface area contributed by atoms with E-state index in [1.54, 1.807) is 23.4 Å². The minimum Gasteiger partial charge on any atom is -0.383 e. The second-order valence-corrected chi connectivity index (χ2v) is 6.35. The first-order chi connectivity index (χ1) is 10.2. The molecule has 0 saturated heterocycles. The molecule has 0 saturated carbocycles. The molecule has 1 aromatic heterocycles. The summed E-state index contributed by atoms with van der Waals surface area (Å²) in [4.78, 5) is 29.1. The molecule has 1 aliphatic heterocycles. The van der Waals surface area contributed by atoms with Gasteiger partial charge in [-0.2, -0.15) is 0 Å². The monoisotopic (exact) mass is 309 g/mol. The highest BCUT2D eigenvalue weighted by Gasteiger charge is 2.30. The van der Waals surface area contributed by atoms with Crippen LogP contribution in [0.25, 0.3) is 0 Å². The fraction of sp³-hybridized carbons (Fsp3) is 0.643. The van der Waals surface area contributed by atoms with Crippen LogP contribution in [-0.4, -0.2) is 41.5 Å². The molecule has 0 fully saturated rings. The van der Waals surface area contributed by atoms with Gasteiger partial charge in [-0.3, -0.25) is 14.2 Å². The Morgan fingerprint density at radius 1 is 1.52 bits per heavy atom. The molecule has 7 heteroatoms. The van der Waals surface area contributed by atoms with E-state index in [1.807, 2.05) is 0 Å². The van der Waals surface area contributed by atoms with Crippen molar-refractivity contribution in [2.24, 2.45) is 0 Å². The lowest BCUT2D eigenvalue weighted by Gasteiger charge is -2.14. The number of thioether (sulfide) groups is 1. The number of nitrogens with one attached hydrogen (secondary N) is 1. The molecule has 0 bridgehead atoms. The van der Waals surface area contributed by atoms with Crippen molar-refractivity contribution in [3.8, 4) is 0 Å². The molecule has 0 unspecified atom stereocenters. The molecule has 2 aliphatic rings. The van der Waals surface area contributed by atoms with Crippen molar-refractivity contribution in [1.29, 1.82) is 0 Å². The maximum atomic E-state index is 12.6. The molecule has 3 rings (SSSR count). The third kappa shape index (κ3) is 2.85. The van der Waals surface area contributed by atoms with Crippen LogP contribution in [0.15, 0.2) is 9.95 Å². The van der Waals surface area contributed by atoms with Crippen molar-refractivity contribution in [1.82, 2.24) is 14.9 Å². The summed E-state index contributed by atoms with van der Waals surface area (Å²) in [5.74, 6) is 0.695. The van der Waals surface area contributed by atoms with E-state index < -0.39 is 0 Å². The topological polar surface area (TPSA) is 73.2 Å². The van der Waals surface area contributed by atoms with E-state index in [2.05, 4.69) is 10.3 Å². The van der Waals surface area contributed by atoms with Gasteiger partial charge in [0.25, 0.3) is 5.56 Å². The van der Waals surface area contributed by atoms with Gasteiger partial charge in [-0.05, 0) is 19.3 Å². The maximum Gasteiger partial charge on any atom is 0.257 e. The van der Waals surface area contributed by atoms with Crippen molar-refractivity contribution < 1.29 is 9.53 Å². The summed E-state index contributed by atoms with van der Waals surface area (Å²) < 4.78 is 6.63. The lowest BCUT2D eigenvalue weighted by atomic mass is 10.2. The zero-order valence-corrected chi connectivity index (χ0v) is 12.9. The van der Waals surface area contributed by atoms with Crippen LogP contribution in [0.2, 0.25) is 0 Å². The Balaban J connectivity index is 1.75. The fourth-order valence-electron chi connectivity index (χ4n) is 2.88. The maximum absolute atomic E-state index is 12.6. The summed E-state index contributed by atoms with van der Waals surface area (Å²) >= 11 is 1.57. The molecule has 6 nitrogen and oxygen atoms in total. The van der Waals surface area contributed by atoms with Gasteiger partial charge in [0.05, 0.1) is 18.3 Å². The van der Waals surface area contributed by atoms with Gasteiger partial charge in [-0.25, -0.2) is 4.98 Å². The van der Waals surface area contributed by atoms with Crippen LogP contribution in [0, 0.1) is 0 Å². The Morgan fingerprint density at radius 2 is 2.38 bits per heavy atom. The van der Waals surface area contributed by atoms with Crippen molar-refractivity contribution in [2.45, 2.75) is 36.9 Å². The first kappa shape index (κ1) is 14.6. The molecule has 1 aromatic rings. The van der Waals surface area contributed by atoms with Crippen molar-refractivity contribution in [2.75, 3.05) is 26.0 Å². The van der Waals surface area contributed by atoms with Crippen LogP contribution >= 0.6 is 11.8 Å². The number of fused-ring (bicyclic) bond motifs is 2. The number of aryl methyl sites for hydroxylation is 1. The molecule has 21 heavy (non-hydrogen) atoms. The van der Waals surface area contributed by atoms with Crippen LogP contribution in [0.5, 0.6) is 0 Å². The average molecular weight is 309 g/mol. The predicted molar refractivity (Wildman–Crippen MR) is 79.8 cm³/mol. The van der Waals surface area contributed by atoms with E-state index in [0.717, 1.165) is 41.4 Å². The molecule has 114 valence electrons. The molecule has 1 aliphatic carbocycles. The lowest BCUT2D eigenvalue weighted by molar-refractivity contribution is -0.121. The van der Waals surface area contributed by atoms with Crippen molar-refractivity contribution >= 4 is 17.7 Å². The lowest BCUT2D eigenvalue weighted by Crippen LogP contribution is -2.33. The molecular weight excluding hydrogens is 290 g/mol. The largest absolute Gasteiger partial charge is 0.383 e. The average Bonchev–Trinajstić information content (AvgIpc) is 3.07. The molecule has 0 radical (unpaired) electrons. The Hall–Kier alpha value is -1.34. The third-order valence-electron chi connectivity index (χ3n) is 3.92. The number of nitrogens with zero attached hydrogens (tertiary/aromatic N) is 2. The van der Waals surface area contributed by atoms with Crippen LogP contribution in [0.4, 0.5) is 0 Å². The predicted octanol–water partition coefficient (Wildman–Crippen LogP) is 0.531. The molecular formula is C14H19N3O3S. The number of aromatic nitrogens is 2. The molecule has 1 N–H and O–H groups in total. The minimum absolute atomic E-state index is 0.0436. The van der Waals surface area contributed by atoms with E-state index >= 15 is 0 Å². The van der Waals surface area contributed by atoms with Crippen LogP contribution in [0.3, 0.4) is 0 Å². The first-order valence-corrected chi connectivity index (χ1v) is 8.22. The van der Waals surface area contributed by atoms with Gasteiger partial charge in [-0.15, -0.1) is 0 Å². The molecule has 1 amide bonds. The molecule has 0 spiro atoms. The molecule has 2 heterocycles. The Bertz CT molecular complexity index is 614. The number of carbonyl (C=O) groups is 1. The van der Waals surface area contributed by atoms with Gasteiger partial charge in [-0.1, -0.05) is 11.8 Å². The van der Waals surface area contributed by atoms with Gasteiger partial charge in [0, 0.05) is 31.4 Å². The number of hydrogen-bond donors (Lipinski definition) is 1. The van der Waals surface area contributed by atoms with E-state index in [0.29, 0.717) is 19.6 Å². The summed E-state index contributed by atoms with van der Waals surface area (Å²) in [5, 5.41) is 3.58. The van der Waals surface area contributed by atoms with E-state index in [4.69, 9.17) is 4.74 Å². The second-order valence-electron chi connectivity index (χ2n) is 5.36. The zero-order chi connectivity index (χ0) is 14.8. The summed E-state index contributed by atoms with van der Waals surface area (Å²) in [5.41, 5.74) is 1.88. The van der Waals surface area contributed by atoms with Crippen molar-refractivity contribution in [3.63, 3.8) is 0 Å². The number of ether oxygens (including phenoxy) is 1. The van der Waals surface area contributed by atoms with Gasteiger partial charge in [0.15, 0.2) is 5.16 Å². The minimum atomic E-state index is -0.0848. The highest BCUT2D eigenvalue weighted by Crippen LogP contribution is 2.33. The standard InChI is InChI=1S/C14H19N3O3S/c1-20-6-5-15-12(18)7-9-8-21-14-16-11-4-2-3-10(11)13(19)17(9)14/h9H,2-8H2,1H3,(H,15,18)/t9-/m1/s1. The number of hydrogen-bond acceptors (Lipinski definition) is 5. The SMILES string of the molecule is COCCNC(=O)C[C@@H]1CSc2nc3c(c(=O)n21)CCC3. The van der Waals surface area contributed by atoms with E-state index in [1.165, 1.54) is 0 Å². The number of amides is 1. The Morgan fingerprint density at radius 3 is 3.19 bits per heavy atom. The number of methoxy groups -OCH3 is 1. The first-order valence-electron chi connectivity index (χ1n) is 7.23. The quantitative estimate of drug-likeness (QED) is 0.634. The Kier molecular flexibility index (Phi) is 4.30. The van der Waals surface area contributed by atoms with Crippen molar-refractivity contribution in [3.05, 3.63) is 21.6 Å². The molecule has 0 aromatic carbocycles. The van der Waals surface area contributed by atoms with Gasteiger partial charge in [0.1, 0.15) is 0 Å². The number of carbonyl (C=O) groups excluding carboxylic acids is 1. The van der Waals surface area contributed by atoms with Gasteiger partial charge in [0.2, 0.25) is 5.91 Å². The van der Waals surface area contributed by atoms with E-state index in [9.17, 15) is 9.59 Å². The second kappa shape index (κ2) is 6.19. The number of rotatable bonds is 5. The highest BCUT2D eigenvalue weighted by atomic mass is 32.2. The Labute approximate surface area is 127 Å². The van der Waals surface area contributed by atoms with E-state index in [-0.39, 0.29) is 17.5 Å². The molecule has 1 atom stereocenters. The zero-order valence-electron chi connectivity index (χ0n) is 12.1. The highest BCUT2D eigenvalue weighted by molar-refractivity contribution is 7.99. The fourth-order valence-corrected chi connectivity index (χ4v) is 4.04. The summed E-state index contributed by atoms with van der Waals surface area (Å²) in [6.07, 6.45) is 3.05. The van der Waals surface area contributed by atoms with Gasteiger partial charge >= 0.3 is 0 Å².